The monoisotopic (exact) mass is 387 g/mol. The van der Waals surface area contributed by atoms with E-state index in [-0.39, 0.29) is 17.5 Å². The minimum atomic E-state index is -0.295. The third-order valence-electron chi connectivity index (χ3n) is 4.63. The Labute approximate surface area is 171 Å². The molecule has 0 atom stereocenters. The van der Waals surface area contributed by atoms with E-state index in [1.165, 1.54) is 17.8 Å². The van der Waals surface area contributed by atoms with Gasteiger partial charge < -0.3 is 10.6 Å². The van der Waals surface area contributed by atoms with Gasteiger partial charge in [0.05, 0.1) is 0 Å². The molecule has 2 N–H and O–H groups in total. The molecular weight excluding hydrogens is 362 g/mol. The van der Waals surface area contributed by atoms with Crippen LogP contribution in [0.25, 0.3) is 0 Å². The third-order valence-corrected chi connectivity index (χ3v) is 4.63. The summed E-state index contributed by atoms with van der Waals surface area (Å²) < 4.78 is 0. The largest absolute Gasteiger partial charge is 0.350 e. The minimum absolute atomic E-state index is 0.223. The minimum Gasteiger partial charge on any atom is -0.350 e. The van der Waals surface area contributed by atoms with Gasteiger partial charge in [0.15, 0.2) is 0 Å². The first-order valence-electron chi connectivity index (χ1n) is 9.72. The number of hydrogen-bond donors (Lipinski definition) is 2. The number of pyridine rings is 1. The summed E-state index contributed by atoms with van der Waals surface area (Å²) >= 11 is 0. The van der Waals surface area contributed by atoms with Crippen LogP contribution in [0.1, 0.15) is 51.7 Å². The molecule has 2 aromatic carbocycles. The molecule has 5 heteroatoms. The van der Waals surface area contributed by atoms with E-state index in [1.54, 1.807) is 6.07 Å². The molecule has 2 amide bonds. The molecule has 148 valence electrons. The van der Waals surface area contributed by atoms with Crippen molar-refractivity contribution in [3.63, 3.8) is 0 Å². The first-order chi connectivity index (χ1) is 14.0. The van der Waals surface area contributed by atoms with Crippen molar-refractivity contribution in [2.45, 2.75) is 26.2 Å². The molecule has 0 aliphatic heterocycles. The zero-order valence-electron chi connectivity index (χ0n) is 16.7. The highest BCUT2D eigenvalue weighted by atomic mass is 16.2. The lowest BCUT2D eigenvalue weighted by Gasteiger charge is -2.09. The van der Waals surface area contributed by atoms with Gasteiger partial charge >= 0.3 is 0 Å². The number of amides is 2. The third kappa shape index (κ3) is 5.75. The van der Waals surface area contributed by atoms with Gasteiger partial charge in [0.2, 0.25) is 0 Å². The summed E-state index contributed by atoms with van der Waals surface area (Å²) in [6, 6.07) is 20.8. The van der Waals surface area contributed by atoms with Crippen LogP contribution in [0.3, 0.4) is 0 Å². The number of carbonyl (C=O) groups is 2. The van der Waals surface area contributed by atoms with Crippen molar-refractivity contribution < 1.29 is 9.59 Å². The number of rotatable bonds is 7. The van der Waals surface area contributed by atoms with Crippen LogP contribution in [0.15, 0.2) is 72.9 Å². The summed E-state index contributed by atoms with van der Waals surface area (Å²) in [5, 5.41) is 5.70. The zero-order valence-corrected chi connectivity index (χ0v) is 16.7. The van der Waals surface area contributed by atoms with Crippen molar-refractivity contribution in [3.05, 3.63) is 95.3 Å². The van der Waals surface area contributed by atoms with Crippen molar-refractivity contribution >= 4 is 17.5 Å². The quantitative estimate of drug-likeness (QED) is 0.630. The van der Waals surface area contributed by atoms with Gasteiger partial charge in [-0.25, -0.2) is 0 Å². The average molecular weight is 387 g/mol. The maximum absolute atomic E-state index is 12.5. The van der Waals surface area contributed by atoms with Crippen LogP contribution < -0.4 is 10.6 Å². The summed E-state index contributed by atoms with van der Waals surface area (Å²) in [4.78, 5) is 29.0. The first kappa shape index (κ1) is 20.3. The highest BCUT2D eigenvalue weighted by Gasteiger charge is 2.12. The zero-order chi connectivity index (χ0) is 20.6. The van der Waals surface area contributed by atoms with Crippen molar-refractivity contribution in [2.75, 3.05) is 11.9 Å². The molecule has 1 heterocycles. The normalized spacial score (nSPS) is 10.6. The lowest BCUT2D eigenvalue weighted by Crippen LogP contribution is -2.27. The van der Waals surface area contributed by atoms with E-state index >= 15 is 0 Å². The van der Waals surface area contributed by atoms with E-state index in [0.717, 1.165) is 12.0 Å². The second kappa shape index (κ2) is 9.64. The summed E-state index contributed by atoms with van der Waals surface area (Å²) in [7, 11) is 0. The summed E-state index contributed by atoms with van der Waals surface area (Å²) in [5.41, 5.74) is 3.69. The van der Waals surface area contributed by atoms with Crippen LogP contribution >= 0.6 is 0 Å². The summed E-state index contributed by atoms with van der Waals surface area (Å²) in [6.45, 7) is 4.75. The molecule has 5 nitrogen and oxygen atoms in total. The molecule has 0 saturated carbocycles. The van der Waals surface area contributed by atoms with Crippen molar-refractivity contribution in [3.8, 4) is 0 Å². The molecule has 3 aromatic rings. The molecule has 0 bridgehead atoms. The molecule has 0 aliphatic carbocycles. The van der Waals surface area contributed by atoms with Crippen molar-refractivity contribution in [1.82, 2.24) is 10.3 Å². The molecular formula is C24H25N3O2. The van der Waals surface area contributed by atoms with E-state index < -0.39 is 0 Å². The Hall–Kier alpha value is -3.47. The Balaban J connectivity index is 1.59. The van der Waals surface area contributed by atoms with Crippen LogP contribution in [-0.2, 0) is 6.42 Å². The topological polar surface area (TPSA) is 71.1 Å². The standard InChI is InChI=1S/C24H25N3O2/c1-17(2)19-8-10-21(11-9-19)27-23(28)20-13-15-25-22(16-20)24(29)26-14-12-18-6-4-3-5-7-18/h3-11,13,15-17H,12,14H2,1-2H3,(H,26,29)(H,27,28). The van der Waals surface area contributed by atoms with E-state index in [4.69, 9.17) is 0 Å². The van der Waals surface area contributed by atoms with Gasteiger partial charge in [-0.05, 0) is 47.7 Å². The van der Waals surface area contributed by atoms with Gasteiger partial charge in [-0.3, -0.25) is 14.6 Å². The Morgan fingerprint density at radius 1 is 0.931 bits per heavy atom. The van der Waals surface area contributed by atoms with Gasteiger partial charge in [-0.1, -0.05) is 56.3 Å². The highest BCUT2D eigenvalue weighted by Crippen LogP contribution is 2.17. The van der Waals surface area contributed by atoms with Gasteiger partial charge in [0.1, 0.15) is 5.69 Å². The fourth-order valence-corrected chi connectivity index (χ4v) is 2.91. The van der Waals surface area contributed by atoms with Gasteiger partial charge in [0, 0.05) is 24.0 Å². The molecule has 0 fully saturated rings. The molecule has 0 saturated heterocycles. The molecule has 0 aliphatic rings. The molecule has 3 rings (SSSR count). The number of carbonyl (C=O) groups excluding carboxylic acids is 2. The maximum atomic E-state index is 12.5. The van der Waals surface area contributed by atoms with Crippen LogP contribution in [0.2, 0.25) is 0 Å². The van der Waals surface area contributed by atoms with Gasteiger partial charge in [0.25, 0.3) is 11.8 Å². The smallest absolute Gasteiger partial charge is 0.269 e. The van der Waals surface area contributed by atoms with E-state index in [1.807, 2.05) is 54.6 Å². The number of nitrogens with zero attached hydrogens (tertiary/aromatic N) is 1. The lowest BCUT2D eigenvalue weighted by atomic mass is 10.0. The Morgan fingerprint density at radius 2 is 1.66 bits per heavy atom. The fourth-order valence-electron chi connectivity index (χ4n) is 2.91. The number of nitrogens with one attached hydrogen (secondary N) is 2. The number of benzene rings is 2. The summed E-state index contributed by atoms with van der Waals surface area (Å²) in [6.07, 6.45) is 2.21. The van der Waals surface area contributed by atoms with Crippen LogP contribution in [0.5, 0.6) is 0 Å². The fraction of sp³-hybridized carbons (Fsp3) is 0.208. The highest BCUT2D eigenvalue weighted by molar-refractivity contribution is 6.05. The Bertz CT molecular complexity index is 967. The van der Waals surface area contributed by atoms with Crippen molar-refractivity contribution in [1.29, 1.82) is 0 Å². The van der Waals surface area contributed by atoms with E-state index in [2.05, 4.69) is 29.5 Å². The van der Waals surface area contributed by atoms with Crippen LogP contribution in [-0.4, -0.2) is 23.3 Å². The van der Waals surface area contributed by atoms with Gasteiger partial charge in [-0.2, -0.15) is 0 Å². The number of anilines is 1. The van der Waals surface area contributed by atoms with Crippen molar-refractivity contribution in [2.24, 2.45) is 0 Å². The molecule has 0 radical (unpaired) electrons. The predicted octanol–water partition coefficient (Wildman–Crippen LogP) is 4.43. The molecule has 0 spiro atoms. The average Bonchev–Trinajstić information content (AvgIpc) is 2.75. The second-order valence-corrected chi connectivity index (χ2v) is 7.15. The number of hydrogen-bond acceptors (Lipinski definition) is 3. The number of aromatic nitrogens is 1. The van der Waals surface area contributed by atoms with Crippen LogP contribution in [0, 0.1) is 0 Å². The molecule has 29 heavy (non-hydrogen) atoms. The second-order valence-electron chi connectivity index (χ2n) is 7.15. The van der Waals surface area contributed by atoms with E-state index in [0.29, 0.717) is 23.7 Å². The summed E-state index contributed by atoms with van der Waals surface area (Å²) in [5.74, 6) is -0.136. The Kier molecular flexibility index (Phi) is 6.74. The molecule has 0 unspecified atom stereocenters. The lowest BCUT2D eigenvalue weighted by molar-refractivity contribution is 0.0949. The Morgan fingerprint density at radius 3 is 2.34 bits per heavy atom. The molecule has 1 aromatic heterocycles. The van der Waals surface area contributed by atoms with Gasteiger partial charge in [-0.15, -0.1) is 0 Å². The maximum Gasteiger partial charge on any atom is 0.269 e. The SMILES string of the molecule is CC(C)c1ccc(NC(=O)c2ccnc(C(=O)NCCc3ccccc3)c2)cc1. The predicted molar refractivity (Wildman–Crippen MR) is 115 cm³/mol. The van der Waals surface area contributed by atoms with E-state index in [9.17, 15) is 9.59 Å². The van der Waals surface area contributed by atoms with Crippen LogP contribution in [0.4, 0.5) is 5.69 Å². The first-order valence-corrected chi connectivity index (χ1v) is 9.72.